The third kappa shape index (κ3) is 2.95. The van der Waals surface area contributed by atoms with Crippen LogP contribution in [0.2, 0.25) is 0 Å². The highest BCUT2D eigenvalue weighted by atomic mass is 16.2. The molecule has 3 heteroatoms. The van der Waals surface area contributed by atoms with Crippen LogP contribution < -0.4 is 10.6 Å². The number of allylic oxidation sites excluding steroid dienone is 1. The molecule has 0 spiro atoms. The summed E-state index contributed by atoms with van der Waals surface area (Å²) in [5, 5.41) is 5.54. The topological polar surface area (TPSA) is 41.1 Å². The standard InChI is InChI=1S/C9H16N2O/c1-2-7-10-9(12)11-8-5-3-4-6-8/h2,7-8H,3-6H2,1H3,(H2,10,11,12)/b7-2+. The molecule has 1 aliphatic carbocycles. The average molecular weight is 168 g/mol. The second kappa shape index (κ2) is 4.80. The van der Waals surface area contributed by atoms with Crippen molar-refractivity contribution in [2.45, 2.75) is 38.6 Å². The van der Waals surface area contributed by atoms with Crippen molar-refractivity contribution in [3.05, 3.63) is 12.3 Å². The van der Waals surface area contributed by atoms with Gasteiger partial charge in [0.05, 0.1) is 0 Å². The Labute approximate surface area is 73.2 Å². The largest absolute Gasteiger partial charge is 0.335 e. The average Bonchev–Trinajstić information content (AvgIpc) is 2.53. The van der Waals surface area contributed by atoms with Gasteiger partial charge in [-0.15, -0.1) is 0 Å². The Morgan fingerprint density at radius 2 is 2.08 bits per heavy atom. The molecular formula is C9H16N2O. The van der Waals surface area contributed by atoms with Gasteiger partial charge in [-0.3, -0.25) is 0 Å². The van der Waals surface area contributed by atoms with E-state index in [1.54, 1.807) is 12.3 Å². The van der Waals surface area contributed by atoms with Crippen LogP contribution in [0.3, 0.4) is 0 Å². The van der Waals surface area contributed by atoms with E-state index in [1.165, 1.54) is 12.8 Å². The lowest BCUT2D eigenvalue weighted by Gasteiger charge is -2.10. The predicted molar refractivity (Wildman–Crippen MR) is 48.7 cm³/mol. The first-order chi connectivity index (χ1) is 5.83. The van der Waals surface area contributed by atoms with Gasteiger partial charge in [-0.05, 0) is 19.8 Å². The van der Waals surface area contributed by atoms with Crippen molar-refractivity contribution in [3.63, 3.8) is 0 Å². The van der Waals surface area contributed by atoms with Crippen molar-refractivity contribution in [2.75, 3.05) is 0 Å². The summed E-state index contributed by atoms with van der Waals surface area (Å²) in [5.74, 6) is 0. The molecule has 0 unspecified atom stereocenters. The fourth-order valence-electron chi connectivity index (χ4n) is 1.46. The third-order valence-electron chi connectivity index (χ3n) is 2.07. The lowest BCUT2D eigenvalue weighted by atomic mass is 10.3. The maximum Gasteiger partial charge on any atom is 0.318 e. The van der Waals surface area contributed by atoms with Crippen molar-refractivity contribution in [1.29, 1.82) is 0 Å². The molecule has 0 bridgehead atoms. The highest BCUT2D eigenvalue weighted by Crippen LogP contribution is 2.17. The van der Waals surface area contributed by atoms with Crippen molar-refractivity contribution < 1.29 is 4.79 Å². The minimum absolute atomic E-state index is 0.0833. The zero-order valence-corrected chi connectivity index (χ0v) is 7.47. The zero-order chi connectivity index (χ0) is 8.81. The Balaban J connectivity index is 2.16. The molecule has 1 fully saturated rings. The summed E-state index contributed by atoms with van der Waals surface area (Å²) in [6.07, 6.45) is 8.19. The van der Waals surface area contributed by atoms with Crippen molar-refractivity contribution in [3.8, 4) is 0 Å². The lowest BCUT2D eigenvalue weighted by Crippen LogP contribution is -2.38. The number of rotatable bonds is 2. The van der Waals surface area contributed by atoms with E-state index >= 15 is 0 Å². The maximum atomic E-state index is 11.1. The van der Waals surface area contributed by atoms with Crippen molar-refractivity contribution >= 4 is 6.03 Å². The minimum atomic E-state index is -0.0833. The summed E-state index contributed by atoms with van der Waals surface area (Å²) >= 11 is 0. The van der Waals surface area contributed by atoms with E-state index in [1.807, 2.05) is 6.92 Å². The number of nitrogens with one attached hydrogen (secondary N) is 2. The molecule has 0 aromatic heterocycles. The normalized spacial score (nSPS) is 18.4. The van der Waals surface area contributed by atoms with Crippen LogP contribution >= 0.6 is 0 Å². The highest BCUT2D eigenvalue weighted by molar-refractivity contribution is 5.75. The Hall–Kier alpha value is -0.990. The molecule has 0 aromatic carbocycles. The molecule has 0 aromatic rings. The van der Waals surface area contributed by atoms with E-state index in [-0.39, 0.29) is 6.03 Å². The first kappa shape index (κ1) is 9.10. The molecule has 1 saturated carbocycles. The van der Waals surface area contributed by atoms with Gasteiger partial charge in [0, 0.05) is 12.2 Å². The fourth-order valence-corrected chi connectivity index (χ4v) is 1.46. The number of hydrogen-bond donors (Lipinski definition) is 2. The Morgan fingerprint density at radius 1 is 1.42 bits per heavy atom. The first-order valence-electron chi connectivity index (χ1n) is 4.51. The smallest absolute Gasteiger partial charge is 0.318 e. The zero-order valence-electron chi connectivity index (χ0n) is 7.47. The SMILES string of the molecule is C/C=C/NC(=O)NC1CCCC1. The first-order valence-corrected chi connectivity index (χ1v) is 4.51. The predicted octanol–water partition coefficient (Wildman–Crippen LogP) is 1.76. The lowest BCUT2D eigenvalue weighted by molar-refractivity contribution is 0.240. The Bertz CT molecular complexity index is 171. The van der Waals surface area contributed by atoms with Gasteiger partial charge < -0.3 is 10.6 Å². The van der Waals surface area contributed by atoms with Crippen LogP contribution in [0, 0.1) is 0 Å². The van der Waals surface area contributed by atoms with E-state index < -0.39 is 0 Å². The number of carbonyl (C=O) groups is 1. The molecule has 1 rings (SSSR count). The molecule has 0 aliphatic heterocycles. The summed E-state index contributed by atoms with van der Waals surface area (Å²) in [4.78, 5) is 11.1. The van der Waals surface area contributed by atoms with Crippen LogP contribution in [-0.4, -0.2) is 12.1 Å². The molecule has 68 valence electrons. The van der Waals surface area contributed by atoms with Gasteiger partial charge in [0.15, 0.2) is 0 Å². The van der Waals surface area contributed by atoms with Gasteiger partial charge in [0.1, 0.15) is 0 Å². The number of hydrogen-bond acceptors (Lipinski definition) is 1. The molecule has 2 N–H and O–H groups in total. The molecule has 0 heterocycles. The van der Waals surface area contributed by atoms with Crippen LogP contribution in [0.1, 0.15) is 32.6 Å². The third-order valence-corrected chi connectivity index (χ3v) is 2.07. The minimum Gasteiger partial charge on any atom is -0.335 e. The van der Waals surface area contributed by atoms with E-state index in [4.69, 9.17) is 0 Å². The molecule has 3 nitrogen and oxygen atoms in total. The van der Waals surface area contributed by atoms with Gasteiger partial charge in [-0.1, -0.05) is 18.9 Å². The van der Waals surface area contributed by atoms with Crippen LogP contribution in [-0.2, 0) is 0 Å². The molecule has 1 aliphatic rings. The fraction of sp³-hybridized carbons (Fsp3) is 0.667. The van der Waals surface area contributed by atoms with Crippen LogP contribution in [0.5, 0.6) is 0 Å². The number of carbonyl (C=O) groups excluding carboxylic acids is 1. The second-order valence-electron chi connectivity index (χ2n) is 3.10. The molecule has 0 radical (unpaired) electrons. The van der Waals surface area contributed by atoms with Gasteiger partial charge in [-0.2, -0.15) is 0 Å². The van der Waals surface area contributed by atoms with Crippen molar-refractivity contribution in [2.24, 2.45) is 0 Å². The van der Waals surface area contributed by atoms with Gasteiger partial charge >= 0.3 is 6.03 Å². The highest BCUT2D eigenvalue weighted by Gasteiger charge is 2.15. The van der Waals surface area contributed by atoms with Gasteiger partial charge in [-0.25, -0.2) is 4.79 Å². The Kier molecular flexibility index (Phi) is 3.64. The van der Waals surface area contributed by atoms with E-state index in [2.05, 4.69) is 10.6 Å². The molecular weight excluding hydrogens is 152 g/mol. The molecule has 2 amide bonds. The molecule has 12 heavy (non-hydrogen) atoms. The van der Waals surface area contributed by atoms with Gasteiger partial charge in [0.25, 0.3) is 0 Å². The second-order valence-corrected chi connectivity index (χ2v) is 3.10. The number of urea groups is 1. The molecule has 0 atom stereocenters. The summed E-state index contributed by atoms with van der Waals surface area (Å²) in [6.45, 7) is 1.87. The Morgan fingerprint density at radius 3 is 2.67 bits per heavy atom. The van der Waals surface area contributed by atoms with Gasteiger partial charge in [0.2, 0.25) is 0 Å². The summed E-state index contributed by atoms with van der Waals surface area (Å²) in [6, 6.07) is 0.315. The number of amides is 2. The van der Waals surface area contributed by atoms with E-state index in [0.717, 1.165) is 12.8 Å². The van der Waals surface area contributed by atoms with Crippen LogP contribution in [0.15, 0.2) is 12.3 Å². The molecule has 0 saturated heterocycles. The summed E-state index contributed by atoms with van der Waals surface area (Å²) in [5.41, 5.74) is 0. The van der Waals surface area contributed by atoms with Crippen molar-refractivity contribution in [1.82, 2.24) is 10.6 Å². The van der Waals surface area contributed by atoms with E-state index in [9.17, 15) is 4.79 Å². The van der Waals surface area contributed by atoms with Crippen LogP contribution in [0.25, 0.3) is 0 Å². The van der Waals surface area contributed by atoms with Crippen LogP contribution in [0.4, 0.5) is 4.79 Å². The maximum absolute atomic E-state index is 11.1. The van der Waals surface area contributed by atoms with E-state index in [0.29, 0.717) is 6.04 Å². The summed E-state index contributed by atoms with van der Waals surface area (Å²) < 4.78 is 0. The quantitative estimate of drug-likeness (QED) is 0.648. The summed E-state index contributed by atoms with van der Waals surface area (Å²) in [7, 11) is 0. The monoisotopic (exact) mass is 168 g/mol.